The van der Waals surface area contributed by atoms with Gasteiger partial charge in [0.1, 0.15) is 11.6 Å². The van der Waals surface area contributed by atoms with Crippen LogP contribution in [0.3, 0.4) is 0 Å². The average molecular weight is 413 g/mol. The number of allylic oxidation sites excluding steroid dienone is 2. The molecule has 162 valence electrons. The van der Waals surface area contributed by atoms with Gasteiger partial charge in [0.2, 0.25) is 0 Å². The highest BCUT2D eigenvalue weighted by atomic mass is 19.1. The summed E-state index contributed by atoms with van der Waals surface area (Å²) in [5.41, 5.74) is 1.70. The van der Waals surface area contributed by atoms with Crippen LogP contribution in [0.4, 0.5) is 10.2 Å². The molecule has 0 radical (unpaired) electrons. The van der Waals surface area contributed by atoms with Crippen molar-refractivity contribution in [1.29, 1.82) is 0 Å². The number of anilines is 1. The number of carbonyl (C=O) groups excluding carboxylic acids is 1. The first kappa shape index (κ1) is 22.2. The minimum atomic E-state index is -0.418. The Morgan fingerprint density at radius 2 is 2.07 bits per heavy atom. The van der Waals surface area contributed by atoms with Crippen LogP contribution in [0.25, 0.3) is 0 Å². The molecule has 0 aliphatic carbocycles. The minimum Gasteiger partial charge on any atom is -0.307 e. The van der Waals surface area contributed by atoms with Gasteiger partial charge in [0, 0.05) is 31.3 Å². The summed E-state index contributed by atoms with van der Waals surface area (Å²) in [6.07, 6.45) is 8.41. The number of benzene rings is 1. The van der Waals surface area contributed by atoms with E-state index in [4.69, 9.17) is 0 Å². The number of amides is 1. The molecule has 1 saturated heterocycles. The smallest absolute Gasteiger partial charge is 0.256 e. The zero-order valence-corrected chi connectivity index (χ0v) is 18.3. The zero-order chi connectivity index (χ0) is 21.5. The van der Waals surface area contributed by atoms with Crippen LogP contribution < -0.4 is 5.32 Å². The molecule has 0 bridgehead atoms. The summed E-state index contributed by atoms with van der Waals surface area (Å²) < 4.78 is 15.3. The zero-order valence-electron chi connectivity index (χ0n) is 18.3. The van der Waals surface area contributed by atoms with Gasteiger partial charge in [-0.1, -0.05) is 24.6 Å². The molecule has 2 heterocycles. The number of piperidine rings is 1. The predicted molar refractivity (Wildman–Crippen MR) is 119 cm³/mol. The van der Waals surface area contributed by atoms with Crippen LogP contribution >= 0.6 is 0 Å². The first-order valence-electron chi connectivity index (χ1n) is 10.9. The number of carbonyl (C=O) groups is 1. The van der Waals surface area contributed by atoms with Crippen molar-refractivity contribution >= 4 is 11.7 Å². The van der Waals surface area contributed by atoms with Gasteiger partial charge in [0.05, 0.1) is 12.2 Å². The van der Waals surface area contributed by atoms with E-state index in [1.165, 1.54) is 30.2 Å². The lowest BCUT2D eigenvalue weighted by Gasteiger charge is -2.34. The van der Waals surface area contributed by atoms with Crippen molar-refractivity contribution in [3.63, 3.8) is 0 Å². The lowest BCUT2D eigenvalue weighted by Crippen LogP contribution is -2.37. The van der Waals surface area contributed by atoms with E-state index < -0.39 is 5.82 Å². The summed E-state index contributed by atoms with van der Waals surface area (Å²) in [6, 6.07) is 7.79. The Balaban J connectivity index is 1.51. The molecule has 0 spiro atoms. The van der Waals surface area contributed by atoms with Crippen molar-refractivity contribution in [3.8, 4) is 0 Å². The quantitative estimate of drug-likeness (QED) is 0.599. The topological polar surface area (TPSA) is 50.2 Å². The highest BCUT2D eigenvalue weighted by molar-refractivity contribution is 6.03. The summed E-state index contributed by atoms with van der Waals surface area (Å²) >= 11 is 0. The van der Waals surface area contributed by atoms with Gasteiger partial charge in [-0.2, -0.15) is 5.10 Å². The Morgan fingerprint density at radius 3 is 2.77 bits per heavy atom. The summed E-state index contributed by atoms with van der Waals surface area (Å²) in [6.45, 7) is 9.84. The second-order valence-electron chi connectivity index (χ2n) is 8.62. The maximum Gasteiger partial charge on any atom is 0.256 e. The molecule has 1 atom stereocenters. The molecular weight excluding hydrogens is 379 g/mol. The summed E-state index contributed by atoms with van der Waals surface area (Å²) in [7, 11) is 0. The van der Waals surface area contributed by atoms with E-state index in [1.807, 2.05) is 4.68 Å². The number of rotatable bonds is 8. The lowest BCUT2D eigenvalue weighted by molar-refractivity contribution is 0.102. The number of hydrogen-bond donors (Lipinski definition) is 1. The Bertz CT molecular complexity index is 864. The van der Waals surface area contributed by atoms with Crippen molar-refractivity contribution in [2.75, 3.05) is 25.0 Å². The van der Waals surface area contributed by atoms with Crippen LogP contribution in [0.5, 0.6) is 0 Å². The van der Waals surface area contributed by atoms with Gasteiger partial charge in [0.15, 0.2) is 0 Å². The summed E-state index contributed by atoms with van der Waals surface area (Å²) in [5.74, 6) is 0.609. The predicted octanol–water partition coefficient (Wildman–Crippen LogP) is 5.29. The van der Waals surface area contributed by atoms with E-state index in [-0.39, 0.29) is 11.9 Å². The van der Waals surface area contributed by atoms with Crippen LogP contribution in [0.2, 0.25) is 0 Å². The maximum absolute atomic E-state index is 13.4. The molecule has 0 saturated carbocycles. The molecule has 1 aromatic carbocycles. The van der Waals surface area contributed by atoms with Crippen molar-refractivity contribution in [2.24, 2.45) is 5.92 Å². The SMILES string of the molecule is CC(C)=CCCC(C)CN1CCC(n2nccc2NC(=O)c2cccc(F)c2)CC1. The molecule has 5 nitrogen and oxygen atoms in total. The first-order valence-corrected chi connectivity index (χ1v) is 10.9. The molecule has 1 unspecified atom stereocenters. The van der Waals surface area contributed by atoms with E-state index in [0.717, 1.165) is 38.9 Å². The highest BCUT2D eigenvalue weighted by Crippen LogP contribution is 2.26. The fraction of sp³-hybridized carbons (Fsp3) is 0.500. The molecule has 3 rings (SSSR count). The molecule has 1 fully saturated rings. The molecule has 1 amide bonds. The van der Waals surface area contributed by atoms with Gasteiger partial charge in [-0.15, -0.1) is 0 Å². The number of aromatic nitrogens is 2. The van der Waals surface area contributed by atoms with Crippen LogP contribution in [-0.4, -0.2) is 40.2 Å². The highest BCUT2D eigenvalue weighted by Gasteiger charge is 2.24. The number of likely N-dealkylation sites (tertiary alicyclic amines) is 1. The Labute approximate surface area is 179 Å². The monoisotopic (exact) mass is 412 g/mol. The van der Waals surface area contributed by atoms with Crippen LogP contribution in [0.1, 0.15) is 62.9 Å². The fourth-order valence-corrected chi connectivity index (χ4v) is 4.06. The first-order chi connectivity index (χ1) is 14.4. The Hall–Kier alpha value is -2.47. The normalized spacial score (nSPS) is 16.3. The van der Waals surface area contributed by atoms with Gasteiger partial charge >= 0.3 is 0 Å². The molecule has 1 aliphatic rings. The van der Waals surface area contributed by atoms with Crippen molar-refractivity contribution < 1.29 is 9.18 Å². The largest absolute Gasteiger partial charge is 0.307 e. The molecule has 30 heavy (non-hydrogen) atoms. The van der Waals surface area contributed by atoms with Crippen LogP contribution in [0.15, 0.2) is 48.2 Å². The third kappa shape index (κ3) is 6.26. The second-order valence-corrected chi connectivity index (χ2v) is 8.62. The molecule has 1 aromatic heterocycles. The second kappa shape index (κ2) is 10.5. The van der Waals surface area contributed by atoms with Crippen molar-refractivity contribution in [3.05, 3.63) is 59.6 Å². The van der Waals surface area contributed by atoms with Crippen LogP contribution in [-0.2, 0) is 0 Å². The lowest BCUT2D eigenvalue weighted by atomic mass is 10.0. The van der Waals surface area contributed by atoms with Crippen molar-refractivity contribution in [2.45, 2.75) is 52.5 Å². The summed E-state index contributed by atoms with van der Waals surface area (Å²) in [5, 5.41) is 7.33. The van der Waals surface area contributed by atoms with Gasteiger partial charge in [-0.25, -0.2) is 9.07 Å². The maximum atomic E-state index is 13.4. The molecule has 6 heteroatoms. The Kier molecular flexibility index (Phi) is 7.80. The average Bonchev–Trinajstić information content (AvgIpc) is 3.16. The van der Waals surface area contributed by atoms with Gasteiger partial charge in [0.25, 0.3) is 5.91 Å². The number of hydrogen-bond acceptors (Lipinski definition) is 3. The van der Waals surface area contributed by atoms with Gasteiger partial charge in [-0.05, 0) is 63.6 Å². The fourth-order valence-electron chi connectivity index (χ4n) is 4.06. The standard InChI is InChI=1S/C24H33FN4O/c1-18(2)6-4-7-19(3)17-28-14-11-22(12-15-28)29-23(10-13-26-29)27-24(30)20-8-5-9-21(25)16-20/h5-6,8-10,13,16,19,22H,4,7,11-12,14-15,17H2,1-3H3,(H,27,30). The third-order valence-corrected chi connectivity index (χ3v) is 5.68. The van der Waals surface area contributed by atoms with E-state index in [9.17, 15) is 9.18 Å². The van der Waals surface area contributed by atoms with Crippen LogP contribution in [0, 0.1) is 11.7 Å². The van der Waals surface area contributed by atoms with E-state index in [0.29, 0.717) is 17.3 Å². The molecule has 1 N–H and O–H groups in total. The van der Waals surface area contributed by atoms with E-state index in [1.54, 1.807) is 18.3 Å². The molecule has 2 aromatic rings. The number of nitrogens with zero attached hydrogens (tertiary/aromatic N) is 3. The molecule has 1 aliphatic heterocycles. The number of nitrogens with one attached hydrogen (secondary N) is 1. The van der Waals surface area contributed by atoms with Crippen molar-refractivity contribution in [1.82, 2.24) is 14.7 Å². The minimum absolute atomic E-state index is 0.264. The third-order valence-electron chi connectivity index (χ3n) is 5.68. The van der Waals surface area contributed by atoms with E-state index >= 15 is 0 Å². The van der Waals surface area contributed by atoms with Gasteiger partial charge < -0.3 is 10.2 Å². The Morgan fingerprint density at radius 1 is 1.30 bits per heavy atom. The van der Waals surface area contributed by atoms with E-state index in [2.05, 4.69) is 42.2 Å². The van der Waals surface area contributed by atoms with Gasteiger partial charge in [-0.3, -0.25) is 4.79 Å². The molecular formula is C24H33FN4O. The summed E-state index contributed by atoms with van der Waals surface area (Å²) in [4.78, 5) is 15.0. The number of halogens is 1.